The van der Waals surface area contributed by atoms with E-state index in [2.05, 4.69) is 17.1 Å². The van der Waals surface area contributed by atoms with Crippen molar-refractivity contribution in [3.05, 3.63) is 12.2 Å². The second-order valence-electron chi connectivity index (χ2n) is 6.55. The van der Waals surface area contributed by atoms with Crippen molar-refractivity contribution >= 4 is 0 Å². The summed E-state index contributed by atoms with van der Waals surface area (Å²) in [6.45, 7) is 3.92. The molecule has 1 aliphatic heterocycles. The summed E-state index contributed by atoms with van der Waals surface area (Å²) >= 11 is 0. The van der Waals surface area contributed by atoms with Crippen molar-refractivity contribution in [2.45, 2.75) is 51.0 Å². The van der Waals surface area contributed by atoms with E-state index in [4.69, 9.17) is 5.73 Å². The standard InChI is InChI=1S/C15H26N2/c16-14-4-3-13(11-14)12-17-9-7-15(8-10-17)5-1-2-6-15/h3-4,13-14H,1-2,5-12,16H2. The highest BCUT2D eigenvalue weighted by atomic mass is 15.1. The largest absolute Gasteiger partial charge is 0.324 e. The van der Waals surface area contributed by atoms with E-state index in [-0.39, 0.29) is 0 Å². The minimum atomic E-state index is 0.325. The molecule has 0 aromatic heterocycles. The maximum Gasteiger partial charge on any atom is 0.0229 e. The minimum Gasteiger partial charge on any atom is -0.324 e. The van der Waals surface area contributed by atoms with Crippen LogP contribution in [0, 0.1) is 11.3 Å². The predicted octanol–water partition coefficient (Wildman–Crippen LogP) is 2.55. The Kier molecular flexibility index (Phi) is 3.27. The van der Waals surface area contributed by atoms with Crippen molar-refractivity contribution in [1.29, 1.82) is 0 Å². The molecule has 2 unspecified atom stereocenters. The normalized spacial score (nSPS) is 37.0. The van der Waals surface area contributed by atoms with Crippen LogP contribution in [-0.4, -0.2) is 30.6 Å². The van der Waals surface area contributed by atoms with Crippen LogP contribution in [0.2, 0.25) is 0 Å². The first-order valence-corrected chi connectivity index (χ1v) is 7.42. The van der Waals surface area contributed by atoms with Crippen LogP contribution >= 0.6 is 0 Å². The van der Waals surface area contributed by atoms with E-state index in [9.17, 15) is 0 Å². The second kappa shape index (κ2) is 4.74. The molecule has 2 N–H and O–H groups in total. The molecule has 2 nitrogen and oxygen atoms in total. The molecule has 96 valence electrons. The van der Waals surface area contributed by atoms with Crippen molar-refractivity contribution in [3.8, 4) is 0 Å². The van der Waals surface area contributed by atoms with Crippen molar-refractivity contribution in [3.63, 3.8) is 0 Å². The number of rotatable bonds is 2. The molecule has 0 amide bonds. The molecule has 0 bridgehead atoms. The van der Waals surface area contributed by atoms with Crippen molar-refractivity contribution in [1.82, 2.24) is 4.90 Å². The van der Waals surface area contributed by atoms with E-state index < -0.39 is 0 Å². The van der Waals surface area contributed by atoms with E-state index in [1.807, 2.05) is 0 Å². The first kappa shape index (κ1) is 11.7. The maximum atomic E-state index is 5.92. The van der Waals surface area contributed by atoms with Gasteiger partial charge < -0.3 is 10.6 Å². The highest BCUT2D eigenvalue weighted by molar-refractivity contribution is 5.05. The fourth-order valence-electron chi connectivity index (χ4n) is 4.11. The van der Waals surface area contributed by atoms with Crippen LogP contribution in [0.15, 0.2) is 12.2 Å². The maximum absolute atomic E-state index is 5.92. The fraction of sp³-hybridized carbons (Fsp3) is 0.867. The summed E-state index contributed by atoms with van der Waals surface area (Å²) in [6.07, 6.45) is 14.6. The van der Waals surface area contributed by atoms with Gasteiger partial charge in [-0.1, -0.05) is 25.0 Å². The van der Waals surface area contributed by atoms with E-state index >= 15 is 0 Å². The van der Waals surface area contributed by atoms with Gasteiger partial charge in [0.1, 0.15) is 0 Å². The van der Waals surface area contributed by atoms with E-state index in [1.54, 1.807) is 0 Å². The van der Waals surface area contributed by atoms with Gasteiger partial charge in [-0.2, -0.15) is 0 Å². The van der Waals surface area contributed by atoms with Crippen molar-refractivity contribution in [2.24, 2.45) is 17.1 Å². The number of nitrogens with two attached hydrogens (primary N) is 1. The number of nitrogens with zero attached hydrogens (tertiary/aromatic N) is 1. The number of piperidine rings is 1. The zero-order valence-corrected chi connectivity index (χ0v) is 10.9. The molecule has 2 atom stereocenters. The fourth-order valence-corrected chi connectivity index (χ4v) is 4.11. The number of likely N-dealkylation sites (tertiary alicyclic amines) is 1. The number of hydrogen-bond acceptors (Lipinski definition) is 2. The van der Waals surface area contributed by atoms with Gasteiger partial charge in [0.05, 0.1) is 0 Å². The lowest BCUT2D eigenvalue weighted by Gasteiger charge is -2.40. The van der Waals surface area contributed by atoms with E-state index in [0.29, 0.717) is 6.04 Å². The molecule has 1 spiro atoms. The summed E-state index contributed by atoms with van der Waals surface area (Å²) in [6, 6.07) is 0.325. The van der Waals surface area contributed by atoms with Gasteiger partial charge in [0.15, 0.2) is 0 Å². The smallest absolute Gasteiger partial charge is 0.0229 e. The molecule has 3 rings (SSSR count). The molecule has 17 heavy (non-hydrogen) atoms. The first-order chi connectivity index (χ1) is 8.26. The Morgan fingerprint density at radius 3 is 2.35 bits per heavy atom. The third-order valence-electron chi connectivity index (χ3n) is 5.28. The zero-order chi connectivity index (χ0) is 11.7. The Hall–Kier alpha value is -0.340. The molecule has 2 heteroatoms. The van der Waals surface area contributed by atoms with Crippen LogP contribution in [0.1, 0.15) is 44.9 Å². The van der Waals surface area contributed by atoms with Crippen LogP contribution in [0.4, 0.5) is 0 Å². The molecule has 0 radical (unpaired) electrons. The summed E-state index contributed by atoms with van der Waals surface area (Å²) in [5, 5.41) is 0. The van der Waals surface area contributed by atoms with Crippen molar-refractivity contribution < 1.29 is 0 Å². The number of hydrogen-bond donors (Lipinski definition) is 1. The van der Waals surface area contributed by atoms with Crippen LogP contribution in [0.25, 0.3) is 0 Å². The average Bonchev–Trinajstić information content (AvgIpc) is 2.93. The van der Waals surface area contributed by atoms with Crippen LogP contribution < -0.4 is 5.73 Å². The summed E-state index contributed by atoms with van der Waals surface area (Å²) in [5.74, 6) is 0.725. The third kappa shape index (κ3) is 2.58. The molecular formula is C15H26N2. The molecule has 1 saturated carbocycles. The highest BCUT2D eigenvalue weighted by Crippen LogP contribution is 2.46. The van der Waals surface area contributed by atoms with Crippen molar-refractivity contribution in [2.75, 3.05) is 19.6 Å². The van der Waals surface area contributed by atoms with Gasteiger partial charge in [0, 0.05) is 12.6 Å². The highest BCUT2D eigenvalue weighted by Gasteiger charge is 2.37. The second-order valence-corrected chi connectivity index (χ2v) is 6.55. The molecule has 3 aliphatic rings. The monoisotopic (exact) mass is 234 g/mol. The summed E-state index contributed by atoms with van der Waals surface area (Å²) < 4.78 is 0. The molecule has 1 heterocycles. The molecular weight excluding hydrogens is 208 g/mol. The summed E-state index contributed by atoms with van der Waals surface area (Å²) in [5.41, 5.74) is 6.68. The van der Waals surface area contributed by atoms with Gasteiger partial charge >= 0.3 is 0 Å². The topological polar surface area (TPSA) is 29.3 Å². The lowest BCUT2D eigenvalue weighted by Crippen LogP contribution is -2.41. The quantitative estimate of drug-likeness (QED) is 0.744. The zero-order valence-electron chi connectivity index (χ0n) is 10.9. The summed E-state index contributed by atoms with van der Waals surface area (Å²) in [4.78, 5) is 2.68. The molecule has 1 saturated heterocycles. The first-order valence-electron chi connectivity index (χ1n) is 7.42. The Labute approximate surface area is 105 Å². The van der Waals surface area contributed by atoms with Gasteiger partial charge in [-0.15, -0.1) is 0 Å². The minimum absolute atomic E-state index is 0.325. The SMILES string of the molecule is NC1C=CC(CN2CCC3(CCCC3)CC2)C1. The Morgan fingerprint density at radius 1 is 1.06 bits per heavy atom. The predicted molar refractivity (Wildman–Crippen MR) is 71.8 cm³/mol. The van der Waals surface area contributed by atoms with Gasteiger partial charge in [0.2, 0.25) is 0 Å². The van der Waals surface area contributed by atoms with Gasteiger partial charge in [-0.05, 0) is 56.5 Å². The van der Waals surface area contributed by atoms with Gasteiger partial charge in [-0.25, -0.2) is 0 Å². The van der Waals surface area contributed by atoms with Crippen LogP contribution in [0.3, 0.4) is 0 Å². The lowest BCUT2D eigenvalue weighted by atomic mass is 9.77. The summed E-state index contributed by atoms with van der Waals surface area (Å²) in [7, 11) is 0. The van der Waals surface area contributed by atoms with Gasteiger partial charge in [0.25, 0.3) is 0 Å². The Balaban J connectivity index is 1.47. The van der Waals surface area contributed by atoms with E-state index in [0.717, 1.165) is 11.3 Å². The molecule has 2 aliphatic carbocycles. The average molecular weight is 234 g/mol. The van der Waals surface area contributed by atoms with Crippen LogP contribution in [-0.2, 0) is 0 Å². The van der Waals surface area contributed by atoms with E-state index in [1.165, 1.54) is 64.6 Å². The van der Waals surface area contributed by atoms with Gasteiger partial charge in [-0.3, -0.25) is 0 Å². The Morgan fingerprint density at radius 2 is 1.76 bits per heavy atom. The third-order valence-corrected chi connectivity index (χ3v) is 5.28. The van der Waals surface area contributed by atoms with Crippen LogP contribution in [0.5, 0.6) is 0 Å². The molecule has 0 aromatic carbocycles. The Bertz CT molecular complexity index is 281. The molecule has 0 aromatic rings. The lowest BCUT2D eigenvalue weighted by molar-refractivity contribution is 0.100. The molecule has 2 fully saturated rings.